The zero-order chi connectivity index (χ0) is 11.0. The highest BCUT2D eigenvalue weighted by atomic mass is 32.1. The predicted molar refractivity (Wildman–Crippen MR) is 57.2 cm³/mol. The number of benzene rings is 1. The van der Waals surface area contributed by atoms with E-state index in [1.165, 1.54) is 18.2 Å². The molecule has 6 heteroatoms. The lowest BCUT2D eigenvalue weighted by molar-refractivity contribution is 0.461. The van der Waals surface area contributed by atoms with Crippen LogP contribution in [0.15, 0.2) is 18.2 Å². The van der Waals surface area contributed by atoms with Crippen molar-refractivity contribution >= 4 is 12.2 Å². The molecule has 1 heterocycles. The van der Waals surface area contributed by atoms with Crippen LogP contribution in [0.5, 0.6) is 11.5 Å². The Hall–Kier alpha value is -1.82. The molecule has 0 aliphatic heterocycles. The molecule has 1 aromatic carbocycles. The van der Waals surface area contributed by atoms with Crippen molar-refractivity contribution in [2.24, 2.45) is 7.05 Å². The van der Waals surface area contributed by atoms with Gasteiger partial charge in [0.1, 0.15) is 11.5 Å². The normalized spacial score (nSPS) is 10.5. The largest absolute Gasteiger partial charge is 0.508 e. The minimum absolute atomic E-state index is 0.0390. The lowest BCUT2D eigenvalue weighted by atomic mass is 10.2. The Kier molecular flexibility index (Phi) is 2.20. The number of hydrogen-bond acceptors (Lipinski definition) is 4. The van der Waals surface area contributed by atoms with Crippen molar-refractivity contribution < 1.29 is 10.2 Å². The molecule has 0 amide bonds. The first kappa shape index (κ1) is 9.72. The monoisotopic (exact) mass is 223 g/mol. The second kappa shape index (κ2) is 3.39. The van der Waals surface area contributed by atoms with Crippen LogP contribution >= 0.6 is 12.2 Å². The fourth-order valence-corrected chi connectivity index (χ4v) is 1.37. The van der Waals surface area contributed by atoms with E-state index in [9.17, 15) is 10.2 Å². The molecule has 0 aliphatic carbocycles. The summed E-state index contributed by atoms with van der Waals surface area (Å²) in [6, 6.07) is 4.22. The third kappa shape index (κ3) is 1.71. The van der Waals surface area contributed by atoms with E-state index in [0.717, 1.165) is 0 Å². The lowest BCUT2D eigenvalue weighted by Gasteiger charge is -2.01. The standard InChI is InChI=1S/C9H9N3O2S/c1-12-9(15)10-8(11-12)6-4-5(13)2-3-7(6)14/h2-4,13-14H,1H3,(H,10,11,15). The van der Waals surface area contributed by atoms with Gasteiger partial charge in [-0.15, -0.1) is 0 Å². The Morgan fingerprint density at radius 1 is 1.40 bits per heavy atom. The van der Waals surface area contributed by atoms with E-state index < -0.39 is 0 Å². The number of phenolic OH excluding ortho intramolecular Hbond substituents is 2. The molecule has 0 atom stereocenters. The number of H-pyrrole nitrogens is 1. The number of rotatable bonds is 1. The maximum absolute atomic E-state index is 9.57. The van der Waals surface area contributed by atoms with Gasteiger partial charge in [0.15, 0.2) is 5.82 Å². The second-order valence-corrected chi connectivity index (χ2v) is 3.48. The van der Waals surface area contributed by atoms with Crippen LogP contribution in [-0.2, 0) is 7.05 Å². The summed E-state index contributed by atoms with van der Waals surface area (Å²) in [5.41, 5.74) is 0.418. The van der Waals surface area contributed by atoms with Crippen LogP contribution in [0.4, 0.5) is 0 Å². The molecule has 0 bridgehead atoms. The lowest BCUT2D eigenvalue weighted by Crippen LogP contribution is -1.89. The van der Waals surface area contributed by atoms with E-state index in [2.05, 4.69) is 10.1 Å². The SMILES string of the molecule is Cn1[nH]c(-c2cc(O)ccc2O)nc1=S. The van der Waals surface area contributed by atoms with E-state index in [0.29, 0.717) is 16.2 Å². The Balaban J connectivity index is 2.63. The molecule has 0 fully saturated rings. The van der Waals surface area contributed by atoms with Crippen LogP contribution in [0, 0.1) is 4.77 Å². The van der Waals surface area contributed by atoms with Crippen LogP contribution in [0.3, 0.4) is 0 Å². The van der Waals surface area contributed by atoms with E-state index in [1.807, 2.05) is 0 Å². The highest BCUT2D eigenvalue weighted by molar-refractivity contribution is 7.71. The molecular weight excluding hydrogens is 214 g/mol. The molecule has 0 aliphatic rings. The average molecular weight is 223 g/mol. The van der Waals surface area contributed by atoms with E-state index in [4.69, 9.17) is 12.2 Å². The van der Waals surface area contributed by atoms with Crippen molar-refractivity contribution in [3.63, 3.8) is 0 Å². The Bertz CT molecular complexity index is 559. The first-order chi connectivity index (χ1) is 7.08. The molecule has 0 radical (unpaired) electrons. The molecule has 78 valence electrons. The summed E-state index contributed by atoms with van der Waals surface area (Å²) in [5.74, 6) is 0.529. The van der Waals surface area contributed by atoms with Gasteiger partial charge in [0.2, 0.25) is 4.77 Å². The minimum atomic E-state index is 0.0390. The quantitative estimate of drug-likeness (QED) is 0.506. The van der Waals surface area contributed by atoms with Crippen molar-refractivity contribution in [1.82, 2.24) is 14.8 Å². The predicted octanol–water partition coefficient (Wildman–Crippen LogP) is 1.56. The maximum atomic E-state index is 9.57. The van der Waals surface area contributed by atoms with Gasteiger partial charge in [-0.05, 0) is 30.4 Å². The zero-order valence-corrected chi connectivity index (χ0v) is 8.75. The molecule has 0 unspecified atom stereocenters. The van der Waals surface area contributed by atoms with Crippen molar-refractivity contribution in [3.8, 4) is 22.9 Å². The summed E-state index contributed by atoms with van der Waals surface area (Å²) in [6.45, 7) is 0. The van der Waals surface area contributed by atoms with Crippen molar-refractivity contribution in [3.05, 3.63) is 23.0 Å². The number of phenols is 2. The molecule has 5 nitrogen and oxygen atoms in total. The van der Waals surface area contributed by atoms with Crippen LogP contribution in [0.2, 0.25) is 0 Å². The fraction of sp³-hybridized carbons (Fsp3) is 0.111. The van der Waals surface area contributed by atoms with Gasteiger partial charge in [-0.25, -0.2) is 0 Å². The van der Waals surface area contributed by atoms with Gasteiger partial charge in [-0.3, -0.25) is 9.78 Å². The van der Waals surface area contributed by atoms with E-state index in [1.54, 1.807) is 11.7 Å². The number of aromatic amines is 1. The number of hydrogen-bond donors (Lipinski definition) is 3. The smallest absolute Gasteiger partial charge is 0.216 e. The third-order valence-corrected chi connectivity index (χ3v) is 2.37. The summed E-state index contributed by atoms with van der Waals surface area (Å²) in [4.78, 5) is 4.03. The van der Waals surface area contributed by atoms with Gasteiger partial charge in [-0.2, -0.15) is 4.98 Å². The van der Waals surface area contributed by atoms with Gasteiger partial charge >= 0.3 is 0 Å². The molecule has 0 spiro atoms. The molecule has 15 heavy (non-hydrogen) atoms. The highest BCUT2D eigenvalue weighted by Crippen LogP contribution is 2.29. The van der Waals surface area contributed by atoms with Crippen LogP contribution < -0.4 is 0 Å². The molecule has 2 rings (SSSR count). The number of aromatic hydroxyl groups is 2. The summed E-state index contributed by atoms with van der Waals surface area (Å²) in [6.07, 6.45) is 0. The molecule has 0 saturated heterocycles. The van der Waals surface area contributed by atoms with E-state index in [-0.39, 0.29) is 11.5 Å². The van der Waals surface area contributed by atoms with Crippen molar-refractivity contribution in [1.29, 1.82) is 0 Å². The summed E-state index contributed by atoms with van der Waals surface area (Å²) in [7, 11) is 1.72. The first-order valence-electron chi connectivity index (χ1n) is 4.23. The summed E-state index contributed by atoms with van der Waals surface area (Å²) in [5, 5.41) is 21.7. The number of aromatic nitrogens is 3. The van der Waals surface area contributed by atoms with Crippen LogP contribution in [0.25, 0.3) is 11.4 Å². The Labute approximate surface area is 90.6 Å². The fourth-order valence-electron chi connectivity index (χ4n) is 1.24. The summed E-state index contributed by atoms with van der Waals surface area (Å²) >= 11 is 4.93. The Morgan fingerprint density at radius 3 is 2.73 bits per heavy atom. The van der Waals surface area contributed by atoms with Gasteiger partial charge in [-0.1, -0.05) is 0 Å². The first-order valence-corrected chi connectivity index (χ1v) is 4.64. The molecular formula is C9H9N3O2S. The van der Waals surface area contributed by atoms with Gasteiger partial charge in [0.05, 0.1) is 5.56 Å². The summed E-state index contributed by atoms with van der Waals surface area (Å²) < 4.78 is 1.93. The average Bonchev–Trinajstić information content (AvgIpc) is 2.51. The van der Waals surface area contributed by atoms with Gasteiger partial charge < -0.3 is 10.2 Å². The highest BCUT2D eigenvalue weighted by Gasteiger charge is 2.09. The minimum Gasteiger partial charge on any atom is -0.508 e. The third-order valence-electron chi connectivity index (χ3n) is 2.00. The van der Waals surface area contributed by atoms with Gasteiger partial charge in [0.25, 0.3) is 0 Å². The number of nitrogens with one attached hydrogen (secondary N) is 1. The van der Waals surface area contributed by atoms with Crippen LogP contribution in [-0.4, -0.2) is 25.0 Å². The number of nitrogens with zero attached hydrogens (tertiary/aromatic N) is 2. The van der Waals surface area contributed by atoms with Crippen LogP contribution in [0.1, 0.15) is 0 Å². The van der Waals surface area contributed by atoms with Crippen molar-refractivity contribution in [2.45, 2.75) is 0 Å². The zero-order valence-electron chi connectivity index (χ0n) is 7.93. The molecule has 3 N–H and O–H groups in total. The maximum Gasteiger partial charge on any atom is 0.216 e. The second-order valence-electron chi connectivity index (χ2n) is 3.12. The number of aryl methyl sites for hydroxylation is 1. The molecule has 0 saturated carbocycles. The molecule has 1 aromatic heterocycles. The molecule has 2 aromatic rings. The van der Waals surface area contributed by atoms with Crippen molar-refractivity contribution in [2.75, 3.05) is 0 Å². The Morgan fingerprint density at radius 2 is 2.13 bits per heavy atom. The topological polar surface area (TPSA) is 74.1 Å². The van der Waals surface area contributed by atoms with Gasteiger partial charge in [0, 0.05) is 7.05 Å². The van der Waals surface area contributed by atoms with E-state index >= 15 is 0 Å².